The molecule has 0 atom stereocenters. The number of carbonyl (C=O) groups excluding carboxylic acids is 1. The van der Waals surface area contributed by atoms with Crippen LogP contribution in [0.3, 0.4) is 0 Å². The van der Waals surface area contributed by atoms with Crippen molar-refractivity contribution < 1.29 is 13.2 Å². The topological polar surface area (TPSA) is 66.5 Å². The van der Waals surface area contributed by atoms with Gasteiger partial charge in [0.05, 0.1) is 4.90 Å². The van der Waals surface area contributed by atoms with Crippen molar-refractivity contribution >= 4 is 21.6 Å². The monoisotopic (exact) mass is 328 g/mol. The van der Waals surface area contributed by atoms with Gasteiger partial charge in [0.2, 0.25) is 5.91 Å². The number of hydrogen-bond acceptors (Lipinski definition) is 3. The first-order valence-corrected chi connectivity index (χ1v) is 8.59. The van der Waals surface area contributed by atoms with Gasteiger partial charge in [0.1, 0.15) is 0 Å². The Labute approximate surface area is 135 Å². The summed E-state index contributed by atoms with van der Waals surface area (Å²) in [6.07, 6.45) is 1.28. The second kappa shape index (κ2) is 5.89. The van der Waals surface area contributed by atoms with Gasteiger partial charge in [-0.25, -0.2) is 8.42 Å². The number of anilines is 1. The summed E-state index contributed by atoms with van der Waals surface area (Å²) < 4.78 is 27.2. The quantitative estimate of drug-likeness (QED) is 0.877. The molecule has 2 aromatic rings. The third kappa shape index (κ3) is 3.12. The molecule has 0 aliphatic carbocycles. The predicted molar refractivity (Wildman–Crippen MR) is 88.1 cm³/mol. The molecule has 5 nitrogen and oxygen atoms in total. The van der Waals surface area contributed by atoms with Crippen LogP contribution in [0.25, 0.3) is 0 Å². The summed E-state index contributed by atoms with van der Waals surface area (Å²) >= 11 is 0. The van der Waals surface area contributed by atoms with Gasteiger partial charge in [-0.15, -0.1) is 0 Å². The lowest BCUT2D eigenvalue weighted by molar-refractivity contribution is -0.126. The Balaban J connectivity index is 1.82. The lowest BCUT2D eigenvalue weighted by Crippen LogP contribution is -2.22. The van der Waals surface area contributed by atoms with E-state index in [0.717, 1.165) is 11.1 Å². The molecule has 0 saturated heterocycles. The van der Waals surface area contributed by atoms with E-state index in [0.29, 0.717) is 18.8 Å². The summed E-state index contributed by atoms with van der Waals surface area (Å²) in [5.74, 6) is -0.132. The Morgan fingerprint density at radius 2 is 1.78 bits per heavy atom. The second-order valence-corrected chi connectivity index (χ2v) is 6.98. The van der Waals surface area contributed by atoms with Gasteiger partial charge in [-0.1, -0.05) is 30.8 Å². The van der Waals surface area contributed by atoms with E-state index in [2.05, 4.69) is 11.3 Å². The minimum atomic E-state index is -3.61. The maximum atomic E-state index is 12.3. The molecular weight excluding hydrogens is 312 g/mol. The van der Waals surface area contributed by atoms with E-state index >= 15 is 0 Å². The van der Waals surface area contributed by atoms with Gasteiger partial charge < -0.3 is 4.90 Å². The largest absolute Gasteiger partial charge is 0.331 e. The molecule has 0 saturated carbocycles. The zero-order chi connectivity index (χ0) is 16.4. The highest BCUT2D eigenvalue weighted by Crippen LogP contribution is 2.27. The molecule has 1 aliphatic rings. The molecule has 0 radical (unpaired) electrons. The fraction of sp³-hybridized carbons (Fsp3) is 0.118. The normalized spacial score (nSPS) is 13.5. The smallest absolute Gasteiger partial charge is 0.261 e. The fourth-order valence-corrected chi connectivity index (χ4v) is 3.63. The molecule has 0 fully saturated rings. The Kier molecular flexibility index (Phi) is 3.92. The lowest BCUT2D eigenvalue weighted by atomic mass is 10.1. The number of benzene rings is 2. The first-order chi connectivity index (χ1) is 11.0. The number of carbonyl (C=O) groups is 1. The maximum Gasteiger partial charge on any atom is 0.261 e. The van der Waals surface area contributed by atoms with Crippen molar-refractivity contribution in [1.29, 1.82) is 0 Å². The maximum absolute atomic E-state index is 12.3. The molecule has 1 amide bonds. The first kappa shape index (κ1) is 15.3. The minimum absolute atomic E-state index is 0.132. The second-order valence-electron chi connectivity index (χ2n) is 5.30. The van der Waals surface area contributed by atoms with Crippen LogP contribution >= 0.6 is 0 Å². The van der Waals surface area contributed by atoms with Crippen LogP contribution in [0.1, 0.15) is 11.1 Å². The molecule has 1 N–H and O–H groups in total. The average molecular weight is 328 g/mol. The third-order valence-electron chi connectivity index (χ3n) is 3.72. The third-order valence-corrected chi connectivity index (χ3v) is 5.12. The molecule has 0 unspecified atom stereocenters. The van der Waals surface area contributed by atoms with Gasteiger partial charge in [0.15, 0.2) is 0 Å². The minimum Gasteiger partial charge on any atom is -0.331 e. The van der Waals surface area contributed by atoms with Crippen molar-refractivity contribution in [1.82, 2.24) is 4.90 Å². The number of rotatable bonds is 4. The van der Waals surface area contributed by atoms with Gasteiger partial charge in [0, 0.05) is 18.8 Å². The highest BCUT2D eigenvalue weighted by molar-refractivity contribution is 7.92. The van der Waals surface area contributed by atoms with Crippen LogP contribution in [-0.4, -0.2) is 19.2 Å². The van der Waals surface area contributed by atoms with E-state index in [9.17, 15) is 13.2 Å². The standard InChI is InChI=1S/C17H16N2O3S/c1-2-17(20)19-11-13-8-9-15(10-14(13)12-19)18-23(21,22)16-6-4-3-5-7-16/h2-10,18H,1,11-12H2. The Bertz CT molecular complexity index is 861. The van der Waals surface area contributed by atoms with Crippen molar-refractivity contribution in [2.24, 2.45) is 0 Å². The molecule has 6 heteroatoms. The molecule has 1 aliphatic heterocycles. The number of nitrogens with one attached hydrogen (secondary N) is 1. The van der Waals surface area contributed by atoms with Gasteiger partial charge in [-0.3, -0.25) is 9.52 Å². The van der Waals surface area contributed by atoms with Crippen molar-refractivity contribution in [3.05, 3.63) is 72.3 Å². The van der Waals surface area contributed by atoms with Crippen LogP contribution in [0, 0.1) is 0 Å². The summed E-state index contributed by atoms with van der Waals surface area (Å²) in [7, 11) is -3.61. The number of nitrogens with zero attached hydrogens (tertiary/aromatic N) is 1. The zero-order valence-electron chi connectivity index (χ0n) is 12.4. The number of sulfonamides is 1. The highest BCUT2D eigenvalue weighted by atomic mass is 32.2. The van der Waals surface area contributed by atoms with Crippen LogP contribution in [0.15, 0.2) is 66.1 Å². The molecule has 1 heterocycles. The molecule has 2 aromatic carbocycles. The Morgan fingerprint density at radius 3 is 2.48 bits per heavy atom. The highest BCUT2D eigenvalue weighted by Gasteiger charge is 2.22. The van der Waals surface area contributed by atoms with E-state index in [1.807, 2.05) is 6.07 Å². The van der Waals surface area contributed by atoms with Crippen molar-refractivity contribution in [2.75, 3.05) is 4.72 Å². The predicted octanol–water partition coefficient (Wildman–Crippen LogP) is 2.52. The summed E-state index contributed by atoms with van der Waals surface area (Å²) in [5.41, 5.74) is 2.44. The molecule has 3 rings (SSSR count). The van der Waals surface area contributed by atoms with E-state index in [1.54, 1.807) is 47.4 Å². The van der Waals surface area contributed by atoms with Crippen molar-refractivity contribution in [3.63, 3.8) is 0 Å². The van der Waals surface area contributed by atoms with Crippen LogP contribution in [-0.2, 0) is 27.9 Å². The zero-order valence-corrected chi connectivity index (χ0v) is 13.2. The SMILES string of the molecule is C=CC(=O)N1Cc2ccc(NS(=O)(=O)c3ccccc3)cc2C1. The van der Waals surface area contributed by atoms with Crippen LogP contribution < -0.4 is 4.72 Å². The lowest BCUT2D eigenvalue weighted by Gasteiger charge is -2.11. The average Bonchev–Trinajstić information content (AvgIpc) is 2.98. The van der Waals surface area contributed by atoms with Crippen LogP contribution in [0.4, 0.5) is 5.69 Å². The van der Waals surface area contributed by atoms with Gasteiger partial charge in [-0.05, 0) is 41.5 Å². The Morgan fingerprint density at radius 1 is 1.09 bits per heavy atom. The summed E-state index contributed by atoms with van der Waals surface area (Å²) in [6.45, 7) is 4.46. The van der Waals surface area contributed by atoms with E-state index in [1.165, 1.54) is 6.08 Å². The molecular formula is C17H16N2O3S. The van der Waals surface area contributed by atoms with Crippen LogP contribution in [0.2, 0.25) is 0 Å². The first-order valence-electron chi connectivity index (χ1n) is 7.10. The number of hydrogen-bond donors (Lipinski definition) is 1. The molecule has 0 aromatic heterocycles. The van der Waals surface area contributed by atoms with Gasteiger partial charge >= 0.3 is 0 Å². The summed E-state index contributed by atoms with van der Waals surface area (Å²) in [4.78, 5) is 13.5. The van der Waals surface area contributed by atoms with Gasteiger partial charge in [-0.2, -0.15) is 0 Å². The summed E-state index contributed by atoms with van der Waals surface area (Å²) in [5, 5.41) is 0. The Hall–Kier alpha value is -2.60. The summed E-state index contributed by atoms with van der Waals surface area (Å²) in [6, 6.07) is 13.5. The molecule has 0 spiro atoms. The van der Waals surface area contributed by atoms with Gasteiger partial charge in [0.25, 0.3) is 10.0 Å². The molecule has 23 heavy (non-hydrogen) atoms. The van der Waals surface area contributed by atoms with E-state index < -0.39 is 10.0 Å². The number of fused-ring (bicyclic) bond motifs is 1. The van der Waals surface area contributed by atoms with E-state index in [-0.39, 0.29) is 10.8 Å². The fourth-order valence-electron chi connectivity index (χ4n) is 2.56. The van der Waals surface area contributed by atoms with Crippen LogP contribution in [0.5, 0.6) is 0 Å². The van der Waals surface area contributed by atoms with Crippen molar-refractivity contribution in [3.8, 4) is 0 Å². The van der Waals surface area contributed by atoms with E-state index in [4.69, 9.17) is 0 Å². The molecule has 0 bridgehead atoms. The number of amides is 1. The molecule has 118 valence electrons. The van der Waals surface area contributed by atoms with Crippen molar-refractivity contribution in [2.45, 2.75) is 18.0 Å².